The molecule has 6 heteroatoms. The van der Waals surface area contributed by atoms with Crippen LogP contribution in [0.15, 0.2) is 71.1 Å². The van der Waals surface area contributed by atoms with Crippen LogP contribution in [-0.2, 0) is 0 Å². The van der Waals surface area contributed by atoms with Crippen LogP contribution in [0.4, 0.5) is 5.69 Å². The number of hydrogen-bond acceptors (Lipinski definition) is 5. The van der Waals surface area contributed by atoms with Crippen molar-refractivity contribution in [3.05, 3.63) is 82.3 Å². The summed E-state index contributed by atoms with van der Waals surface area (Å²) in [5.74, 6) is 0.499. The van der Waals surface area contributed by atoms with E-state index < -0.39 is 0 Å². The van der Waals surface area contributed by atoms with Gasteiger partial charge in [0.2, 0.25) is 0 Å². The number of fused-ring (bicyclic) bond motifs is 1. The fourth-order valence-corrected chi connectivity index (χ4v) is 4.46. The first-order chi connectivity index (χ1) is 16.3. The molecule has 1 atom stereocenters. The Hall–Kier alpha value is -3.12. The SMILES string of the molecule is C=C1C(C)=CC(c2cc(=O)n3cc(N4CCN(CC)CC4)ccc3n2)=CN1/C=C(/C)C(C)CC. The Balaban J connectivity index is 1.66. The van der Waals surface area contributed by atoms with E-state index >= 15 is 0 Å². The van der Waals surface area contributed by atoms with Gasteiger partial charge in [-0.25, -0.2) is 4.98 Å². The van der Waals surface area contributed by atoms with E-state index in [2.05, 4.69) is 67.3 Å². The lowest BCUT2D eigenvalue weighted by atomic mass is 9.99. The summed E-state index contributed by atoms with van der Waals surface area (Å²) in [6.45, 7) is 20.2. The van der Waals surface area contributed by atoms with Crippen molar-refractivity contribution in [2.24, 2.45) is 5.92 Å². The third-order valence-corrected chi connectivity index (χ3v) is 7.27. The van der Waals surface area contributed by atoms with E-state index in [1.807, 2.05) is 25.4 Å². The third-order valence-electron chi connectivity index (χ3n) is 7.27. The lowest BCUT2D eigenvalue weighted by molar-refractivity contribution is 0.271. The molecule has 0 saturated carbocycles. The maximum Gasteiger partial charge on any atom is 0.258 e. The molecule has 4 rings (SSSR count). The molecule has 6 nitrogen and oxygen atoms in total. The van der Waals surface area contributed by atoms with Gasteiger partial charge in [0, 0.05) is 62.1 Å². The van der Waals surface area contributed by atoms with Crippen LogP contribution < -0.4 is 10.5 Å². The monoisotopic (exact) mass is 459 g/mol. The van der Waals surface area contributed by atoms with Crippen LogP contribution in [0.25, 0.3) is 11.2 Å². The van der Waals surface area contributed by atoms with Crippen molar-refractivity contribution in [1.82, 2.24) is 19.2 Å². The van der Waals surface area contributed by atoms with Gasteiger partial charge >= 0.3 is 0 Å². The number of likely N-dealkylation sites (N-methyl/N-ethyl adjacent to an activating group) is 1. The quantitative estimate of drug-likeness (QED) is 0.615. The van der Waals surface area contributed by atoms with Crippen LogP contribution in [-0.4, -0.2) is 51.9 Å². The smallest absolute Gasteiger partial charge is 0.258 e. The molecule has 180 valence electrons. The number of piperazine rings is 1. The first-order valence-electron chi connectivity index (χ1n) is 12.4. The predicted octanol–water partition coefficient (Wildman–Crippen LogP) is 4.90. The average molecular weight is 460 g/mol. The summed E-state index contributed by atoms with van der Waals surface area (Å²) in [6, 6.07) is 5.67. The molecule has 4 heterocycles. The minimum atomic E-state index is -0.0664. The molecule has 1 unspecified atom stereocenters. The van der Waals surface area contributed by atoms with Gasteiger partial charge in [-0.1, -0.05) is 32.9 Å². The van der Waals surface area contributed by atoms with Gasteiger partial charge in [-0.05, 0) is 56.5 Å². The van der Waals surface area contributed by atoms with Crippen molar-refractivity contribution in [2.45, 2.75) is 41.0 Å². The molecule has 0 radical (unpaired) electrons. The molecule has 0 spiro atoms. The molecule has 0 bridgehead atoms. The maximum absolute atomic E-state index is 13.1. The van der Waals surface area contributed by atoms with Crippen LogP contribution in [0.5, 0.6) is 0 Å². The number of anilines is 1. The van der Waals surface area contributed by atoms with Gasteiger partial charge in [-0.2, -0.15) is 0 Å². The third kappa shape index (κ3) is 4.87. The number of allylic oxidation sites excluding steroid dienone is 4. The summed E-state index contributed by atoms with van der Waals surface area (Å²) in [5.41, 5.74) is 6.56. The summed E-state index contributed by atoms with van der Waals surface area (Å²) in [7, 11) is 0. The lowest BCUT2D eigenvalue weighted by Gasteiger charge is -2.35. The van der Waals surface area contributed by atoms with Gasteiger partial charge in [0.15, 0.2) is 0 Å². The van der Waals surface area contributed by atoms with Gasteiger partial charge in [-0.15, -0.1) is 0 Å². The summed E-state index contributed by atoms with van der Waals surface area (Å²) >= 11 is 0. The number of rotatable bonds is 6. The molecule has 34 heavy (non-hydrogen) atoms. The Bertz CT molecular complexity index is 1230. The summed E-state index contributed by atoms with van der Waals surface area (Å²) in [6.07, 6.45) is 9.25. The normalized spacial score (nSPS) is 18.9. The second kappa shape index (κ2) is 10.0. The van der Waals surface area contributed by atoms with Gasteiger partial charge in [0.1, 0.15) is 5.65 Å². The first kappa shape index (κ1) is 24.0. The van der Waals surface area contributed by atoms with Gasteiger partial charge in [0.25, 0.3) is 5.56 Å². The predicted molar refractivity (Wildman–Crippen MR) is 142 cm³/mol. The van der Waals surface area contributed by atoms with Crippen molar-refractivity contribution < 1.29 is 0 Å². The Kier molecular flexibility index (Phi) is 7.08. The zero-order valence-electron chi connectivity index (χ0n) is 21.2. The van der Waals surface area contributed by atoms with E-state index in [-0.39, 0.29) is 5.56 Å². The van der Waals surface area contributed by atoms with E-state index in [0.29, 0.717) is 17.3 Å². The average Bonchev–Trinajstić information content (AvgIpc) is 2.85. The molecule has 0 aromatic carbocycles. The molecule has 0 aliphatic carbocycles. The minimum Gasteiger partial charge on any atom is -0.368 e. The fourth-order valence-electron chi connectivity index (χ4n) is 4.46. The standard InChI is InChI=1S/C28H37N5O/c1-7-20(3)22(5)17-32-18-24(15-21(4)23(32)6)26-16-28(34)33-19-25(9-10-27(33)29-26)31-13-11-30(8-2)12-14-31/h9-10,15-20H,6-8,11-14H2,1-5H3/b22-17-. The fraction of sp³-hybridized carbons (Fsp3) is 0.429. The molecule has 1 saturated heterocycles. The number of nitrogens with zero attached hydrogens (tertiary/aromatic N) is 5. The number of aromatic nitrogens is 2. The molecular weight excluding hydrogens is 422 g/mol. The Morgan fingerprint density at radius 3 is 2.62 bits per heavy atom. The molecule has 0 amide bonds. The zero-order chi connectivity index (χ0) is 24.4. The van der Waals surface area contributed by atoms with Gasteiger partial charge in [-0.3, -0.25) is 9.20 Å². The zero-order valence-corrected chi connectivity index (χ0v) is 21.2. The van der Waals surface area contributed by atoms with Crippen LogP contribution in [0, 0.1) is 5.92 Å². The van der Waals surface area contributed by atoms with Crippen molar-refractivity contribution in [3.8, 4) is 0 Å². The Labute approximate surface area is 203 Å². The second-order valence-corrected chi connectivity index (χ2v) is 9.46. The van der Waals surface area contributed by atoms with E-state index in [4.69, 9.17) is 4.98 Å². The van der Waals surface area contributed by atoms with Gasteiger partial charge in [0.05, 0.1) is 11.4 Å². The highest BCUT2D eigenvalue weighted by Crippen LogP contribution is 2.29. The topological polar surface area (TPSA) is 44.1 Å². The highest BCUT2D eigenvalue weighted by Gasteiger charge is 2.18. The van der Waals surface area contributed by atoms with Crippen LogP contribution >= 0.6 is 0 Å². The van der Waals surface area contributed by atoms with Crippen molar-refractivity contribution in [2.75, 3.05) is 37.6 Å². The maximum atomic E-state index is 13.1. The largest absolute Gasteiger partial charge is 0.368 e. The molecular formula is C28H37N5O. The Morgan fingerprint density at radius 2 is 1.94 bits per heavy atom. The molecule has 2 aromatic rings. The van der Waals surface area contributed by atoms with E-state index in [1.165, 1.54) is 5.57 Å². The van der Waals surface area contributed by atoms with Crippen molar-refractivity contribution >= 4 is 16.9 Å². The number of pyridine rings is 1. The molecule has 0 N–H and O–H groups in total. The minimum absolute atomic E-state index is 0.0664. The lowest BCUT2D eigenvalue weighted by Crippen LogP contribution is -2.46. The van der Waals surface area contributed by atoms with Crippen LogP contribution in [0.1, 0.15) is 46.7 Å². The molecule has 2 aromatic heterocycles. The highest BCUT2D eigenvalue weighted by molar-refractivity contribution is 5.76. The van der Waals surface area contributed by atoms with E-state index in [1.54, 1.807) is 10.5 Å². The van der Waals surface area contributed by atoms with Crippen molar-refractivity contribution in [1.29, 1.82) is 0 Å². The Morgan fingerprint density at radius 1 is 1.21 bits per heavy atom. The summed E-state index contributed by atoms with van der Waals surface area (Å²) in [5, 5.41) is 0. The summed E-state index contributed by atoms with van der Waals surface area (Å²) < 4.78 is 1.66. The van der Waals surface area contributed by atoms with E-state index in [9.17, 15) is 4.79 Å². The second-order valence-electron chi connectivity index (χ2n) is 9.46. The molecule has 1 fully saturated rings. The highest BCUT2D eigenvalue weighted by atomic mass is 16.1. The first-order valence-corrected chi connectivity index (χ1v) is 12.4. The van der Waals surface area contributed by atoms with E-state index in [0.717, 1.165) is 61.7 Å². The van der Waals surface area contributed by atoms with Gasteiger partial charge < -0.3 is 14.7 Å². The van der Waals surface area contributed by atoms with Crippen LogP contribution in [0.2, 0.25) is 0 Å². The molecule has 2 aliphatic heterocycles. The van der Waals surface area contributed by atoms with Crippen molar-refractivity contribution in [3.63, 3.8) is 0 Å². The summed E-state index contributed by atoms with van der Waals surface area (Å²) in [4.78, 5) is 24.8. The number of hydrogen-bond donors (Lipinski definition) is 0. The van der Waals surface area contributed by atoms with Crippen LogP contribution in [0.3, 0.4) is 0 Å². The molecule has 2 aliphatic rings.